The van der Waals surface area contributed by atoms with Crippen LogP contribution in [0.2, 0.25) is 0 Å². The Balaban J connectivity index is 1.52. The molecule has 1 aliphatic carbocycles. The molecule has 1 aliphatic rings. The lowest BCUT2D eigenvalue weighted by Crippen LogP contribution is -2.23. The van der Waals surface area contributed by atoms with Crippen molar-refractivity contribution < 1.29 is 4.79 Å². The lowest BCUT2D eigenvalue weighted by molar-refractivity contribution is -0.115. The average molecular weight is 456 g/mol. The number of thiazole rings is 1. The lowest BCUT2D eigenvalue weighted by atomic mass is 9.95. The van der Waals surface area contributed by atoms with E-state index < -0.39 is 0 Å². The van der Waals surface area contributed by atoms with Crippen molar-refractivity contribution in [3.8, 4) is 0 Å². The minimum absolute atomic E-state index is 0.0325. The molecule has 2 aromatic heterocycles. The predicted octanol–water partition coefficient (Wildman–Crippen LogP) is 6.14. The first-order chi connectivity index (χ1) is 15.0. The standard InChI is InChI=1S/C23H29N5OS2/c1-15-9-8-12-21(16(15)2)28(18(4)29)22-24-19(13-30-22)14-31-23-26-25-17(3)27(23)20-10-6-5-7-11-20/h8-9,12-13,20H,5-7,10-11,14H2,1-4H3. The number of carbonyl (C=O) groups is 1. The molecule has 6 nitrogen and oxygen atoms in total. The fraction of sp³-hybridized carbons (Fsp3) is 0.478. The van der Waals surface area contributed by atoms with Gasteiger partial charge in [-0.25, -0.2) is 4.98 Å². The Bertz CT molecular complexity index is 1070. The molecule has 0 spiro atoms. The first kappa shape index (κ1) is 22.0. The third-order valence-corrected chi connectivity index (χ3v) is 7.84. The van der Waals surface area contributed by atoms with Crippen LogP contribution in [0.3, 0.4) is 0 Å². The number of benzene rings is 1. The van der Waals surface area contributed by atoms with E-state index in [1.807, 2.05) is 31.4 Å². The first-order valence-corrected chi connectivity index (χ1v) is 12.7. The summed E-state index contributed by atoms with van der Waals surface area (Å²) in [6.07, 6.45) is 6.30. The van der Waals surface area contributed by atoms with Crippen molar-refractivity contribution >= 4 is 39.8 Å². The molecule has 1 aromatic carbocycles. The molecule has 0 N–H and O–H groups in total. The van der Waals surface area contributed by atoms with Crippen LogP contribution in [0.15, 0.2) is 28.7 Å². The number of anilines is 2. The third kappa shape index (κ3) is 4.70. The Labute approximate surface area is 192 Å². The molecule has 0 radical (unpaired) electrons. The molecule has 0 unspecified atom stereocenters. The predicted molar refractivity (Wildman–Crippen MR) is 127 cm³/mol. The van der Waals surface area contributed by atoms with Crippen molar-refractivity contribution in [1.29, 1.82) is 0 Å². The van der Waals surface area contributed by atoms with E-state index in [4.69, 9.17) is 4.98 Å². The molecule has 0 saturated heterocycles. The second-order valence-corrected chi connectivity index (χ2v) is 9.95. The van der Waals surface area contributed by atoms with E-state index in [0.29, 0.717) is 16.9 Å². The average Bonchev–Trinajstić information content (AvgIpc) is 3.36. The highest BCUT2D eigenvalue weighted by molar-refractivity contribution is 7.98. The molecular weight excluding hydrogens is 426 g/mol. The zero-order chi connectivity index (χ0) is 22.0. The monoisotopic (exact) mass is 455 g/mol. The fourth-order valence-electron chi connectivity index (χ4n) is 4.20. The van der Waals surface area contributed by atoms with E-state index >= 15 is 0 Å². The summed E-state index contributed by atoms with van der Waals surface area (Å²) in [6, 6.07) is 6.54. The van der Waals surface area contributed by atoms with Crippen LogP contribution in [0, 0.1) is 20.8 Å². The molecule has 0 aliphatic heterocycles. The van der Waals surface area contributed by atoms with Crippen LogP contribution in [-0.2, 0) is 10.5 Å². The number of rotatable bonds is 6. The Morgan fingerprint density at radius 2 is 1.97 bits per heavy atom. The van der Waals surface area contributed by atoms with E-state index in [0.717, 1.165) is 33.5 Å². The van der Waals surface area contributed by atoms with Crippen LogP contribution in [0.4, 0.5) is 10.8 Å². The first-order valence-electron chi connectivity index (χ1n) is 10.8. The topological polar surface area (TPSA) is 63.9 Å². The summed E-state index contributed by atoms with van der Waals surface area (Å²) >= 11 is 3.19. The highest BCUT2D eigenvalue weighted by atomic mass is 32.2. The van der Waals surface area contributed by atoms with Gasteiger partial charge in [-0.05, 0) is 50.8 Å². The van der Waals surface area contributed by atoms with Crippen molar-refractivity contribution in [3.05, 3.63) is 46.2 Å². The van der Waals surface area contributed by atoms with Gasteiger partial charge in [-0.2, -0.15) is 0 Å². The second-order valence-electron chi connectivity index (χ2n) is 8.18. The lowest BCUT2D eigenvalue weighted by Gasteiger charge is -2.24. The van der Waals surface area contributed by atoms with Gasteiger partial charge in [0.25, 0.3) is 0 Å². The fourth-order valence-corrected chi connectivity index (χ4v) is 6.13. The maximum absolute atomic E-state index is 12.5. The number of aromatic nitrogens is 4. The van der Waals surface area contributed by atoms with Crippen molar-refractivity contribution in [3.63, 3.8) is 0 Å². The van der Waals surface area contributed by atoms with Crippen LogP contribution < -0.4 is 4.90 Å². The highest BCUT2D eigenvalue weighted by Crippen LogP contribution is 2.35. The molecule has 31 heavy (non-hydrogen) atoms. The number of nitrogens with zero attached hydrogens (tertiary/aromatic N) is 5. The van der Waals surface area contributed by atoms with Crippen LogP contribution in [0.25, 0.3) is 0 Å². The van der Waals surface area contributed by atoms with Crippen molar-refractivity contribution in [2.24, 2.45) is 0 Å². The number of amides is 1. The minimum Gasteiger partial charge on any atom is -0.303 e. The number of hydrogen-bond donors (Lipinski definition) is 0. The second kappa shape index (κ2) is 9.53. The summed E-state index contributed by atoms with van der Waals surface area (Å²) in [5, 5.41) is 12.5. The van der Waals surface area contributed by atoms with Gasteiger partial charge in [-0.1, -0.05) is 43.2 Å². The van der Waals surface area contributed by atoms with Gasteiger partial charge >= 0.3 is 0 Å². The van der Waals surface area contributed by atoms with Gasteiger partial charge < -0.3 is 4.57 Å². The van der Waals surface area contributed by atoms with Gasteiger partial charge in [0.05, 0.1) is 11.4 Å². The molecule has 0 atom stereocenters. The van der Waals surface area contributed by atoms with Gasteiger partial charge in [0.1, 0.15) is 5.82 Å². The zero-order valence-electron chi connectivity index (χ0n) is 18.6. The van der Waals surface area contributed by atoms with Gasteiger partial charge in [-0.15, -0.1) is 21.5 Å². The van der Waals surface area contributed by atoms with Gasteiger partial charge in [0.15, 0.2) is 10.3 Å². The summed E-state index contributed by atoms with van der Waals surface area (Å²) in [6.45, 7) is 7.74. The molecule has 1 saturated carbocycles. The normalized spacial score (nSPS) is 14.7. The zero-order valence-corrected chi connectivity index (χ0v) is 20.2. The number of aryl methyl sites for hydroxylation is 2. The van der Waals surface area contributed by atoms with Crippen molar-refractivity contribution in [2.75, 3.05) is 4.90 Å². The van der Waals surface area contributed by atoms with Crippen LogP contribution in [-0.4, -0.2) is 25.7 Å². The largest absolute Gasteiger partial charge is 0.303 e. The maximum Gasteiger partial charge on any atom is 0.230 e. The summed E-state index contributed by atoms with van der Waals surface area (Å²) < 4.78 is 2.31. The minimum atomic E-state index is -0.0325. The highest BCUT2D eigenvalue weighted by Gasteiger charge is 2.23. The van der Waals surface area contributed by atoms with E-state index in [1.54, 1.807) is 23.6 Å². The summed E-state index contributed by atoms with van der Waals surface area (Å²) in [7, 11) is 0. The Morgan fingerprint density at radius 1 is 1.19 bits per heavy atom. The SMILES string of the molecule is CC(=O)N(c1nc(CSc2nnc(C)n2C2CCCCC2)cs1)c1cccc(C)c1C. The molecular formula is C23H29N5OS2. The smallest absolute Gasteiger partial charge is 0.230 e. The number of carbonyl (C=O) groups excluding carboxylic acids is 1. The molecule has 1 amide bonds. The Kier molecular flexibility index (Phi) is 6.77. The third-order valence-electron chi connectivity index (χ3n) is 5.99. The molecule has 0 bridgehead atoms. The summed E-state index contributed by atoms with van der Waals surface area (Å²) in [4.78, 5) is 19.0. The van der Waals surface area contributed by atoms with Crippen LogP contribution in [0.5, 0.6) is 0 Å². The van der Waals surface area contributed by atoms with Crippen molar-refractivity contribution in [1.82, 2.24) is 19.7 Å². The van der Waals surface area contributed by atoms with Crippen LogP contribution in [0.1, 0.15) is 67.7 Å². The quantitative estimate of drug-likeness (QED) is 0.418. The van der Waals surface area contributed by atoms with Crippen molar-refractivity contribution in [2.45, 2.75) is 76.8 Å². The van der Waals surface area contributed by atoms with E-state index in [-0.39, 0.29) is 5.91 Å². The van der Waals surface area contributed by atoms with Crippen LogP contribution >= 0.6 is 23.1 Å². The molecule has 2 heterocycles. The Morgan fingerprint density at radius 3 is 2.71 bits per heavy atom. The summed E-state index contributed by atoms with van der Waals surface area (Å²) in [5.74, 6) is 1.67. The van der Waals surface area contributed by atoms with E-state index in [2.05, 4.69) is 27.8 Å². The molecule has 164 valence electrons. The van der Waals surface area contributed by atoms with Gasteiger partial charge in [-0.3, -0.25) is 9.69 Å². The number of thioether (sulfide) groups is 1. The summed E-state index contributed by atoms with van der Waals surface area (Å²) in [5.41, 5.74) is 4.11. The molecule has 3 aromatic rings. The van der Waals surface area contributed by atoms with Gasteiger partial charge in [0.2, 0.25) is 5.91 Å². The van der Waals surface area contributed by atoms with E-state index in [9.17, 15) is 4.79 Å². The number of hydrogen-bond acceptors (Lipinski definition) is 6. The Hall–Kier alpha value is -2.19. The molecule has 8 heteroatoms. The molecule has 4 rings (SSSR count). The maximum atomic E-state index is 12.5. The van der Waals surface area contributed by atoms with E-state index in [1.165, 1.54) is 43.4 Å². The molecule has 1 fully saturated rings. The van der Waals surface area contributed by atoms with Gasteiger partial charge in [0, 0.05) is 24.1 Å².